The summed E-state index contributed by atoms with van der Waals surface area (Å²) in [7, 11) is 0. The van der Waals surface area contributed by atoms with E-state index in [2.05, 4.69) is 4.98 Å². The van der Waals surface area contributed by atoms with Gasteiger partial charge in [-0.2, -0.15) is 0 Å². The van der Waals surface area contributed by atoms with E-state index in [1.54, 1.807) is 18.3 Å². The number of anilines is 1. The molecular formula is C20H18FN3O. The van der Waals surface area contributed by atoms with E-state index in [0.717, 1.165) is 10.9 Å². The first-order valence-electron chi connectivity index (χ1n) is 8.36. The van der Waals surface area contributed by atoms with Gasteiger partial charge in [0.25, 0.3) is 5.91 Å². The van der Waals surface area contributed by atoms with Crippen LogP contribution in [-0.2, 0) is 0 Å². The van der Waals surface area contributed by atoms with Crippen LogP contribution in [-0.4, -0.2) is 42.0 Å². The summed E-state index contributed by atoms with van der Waals surface area (Å²) in [5.74, 6) is -0.238. The van der Waals surface area contributed by atoms with Crippen LogP contribution in [0.5, 0.6) is 0 Å². The van der Waals surface area contributed by atoms with Gasteiger partial charge in [-0.1, -0.05) is 30.3 Å². The van der Waals surface area contributed by atoms with Crippen LogP contribution in [0, 0.1) is 5.82 Å². The summed E-state index contributed by atoms with van der Waals surface area (Å²) in [5, 5.41) is 0.957. The van der Waals surface area contributed by atoms with Crippen LogP contribution in [0.3, 0.4) is 0 Å². The van der Waals surface area contributed by atoms with E-state index in [-0.39, 0.29) is 11.7 Å². The zero-order chi connectivity index (χ0) is 17.2. The average Bonchev–Trinajstić information content (AvgIpc) is 2.67. The SMILES string of the molecule is O=C(c1cccc2cccnc12)N1CCN(c2ccccc2F)CC1. The molecule has 5 heteroatoms. The van der Waals surface area contributed by atoms with Gasteiger partial charge in [0.15, 0.2) is 0 Å². The number of aromatic nitrogens is 1. The molecule has 1 saturated heterocycles. The van der Waals surface area contributed by atoms with E-state index < -0.39 is 0 Å². The lowest BCUT2D eigenvalue weighted by Gasteiger charge is -2.36. The fourth-order valence-corrected chi connectivity index (χ4v) is 3.31. The molecule has 4 nitrogen and oxygen atoms in total. The lowest BCUT2D eigenvalue weighted by molar-refractivity contribution is 0.0748. The Morgan fingerprint density at radius 2 is 1.68 bits per heavy atom. The molecule has 0 spiro atoms. The summed E-state index contributed by atoms with van der Waals surface area (Å²) in [6.45, 7) is 2.36. The van der Waals surface area contributed by atoms with E-state index in [1.165, 1.54) is 6.07 Å². The topological polar surface area (TPSA) is 36.4 Å². The van der Waals surface area contributed by atoms with Crippen LogP contribution in [0.15, 0.2) is 60.8 Å². The van der Waals surface area contributed by atoms with Gasteiger partial charge in [-0.25, -0.2) is 4.39 Å². The lowest BCUT2D eigenvalue weighted by atomic mass is 10.1. The van der Waals surface area contributed by atoms with Crippen LogP contribution in [0.2, 0.25) is 0 Å². The molecule has 0 aliphatic carbocycles. The van der Waals surface area contributed by atoms with Gasteiger partial charge in [0.1, 0.15) is 5.82 Å². The number of hydrogen-bond acceptors (Lipinski definition) is 3. The van der Waals surface area contributed by atoms with Gasteiger partial charge in [-0.05, 0) is 24.3 Å². The number of piperazine rings is 1. The number of halogens is 1. The summed E-state index contributed by atoms with van der Waals surface area (Å²) in [4.78, 5) is 21.1. The molecular weight excluding hydrogens is 317 g/mol. The van der Waals surface area contributed by atoms with Crippen molar-refractivity contribution in [1.82, 2.24) is 9.88 Å². The van der Waals surface area contributed by atoms with Crippen LogP contribution in [0.4, 0.5) is 10.1 Å². The third kappa shape index (κ3) is 2.93. The van der Waals surface area contributed by atoms with Gasteiger partial charge in [0.2, 0.25) is 0 Å². The highest BCUT2D eigenvalue weighted by Crippen LogP contribution is 2.22. The number of carbonyl (C=O) groups is 1. The van der Waals surface area contributed by atoms with E-state index in [0.29, 0.717) is 37.4 Å². The first-order chi connectivity index (χ1) is 12.2. The van der Waals surface area contributed by atoms with Gasteiger partial charge in [-0.15, -0.1) is 0 Å². The fraction of sp³-hybridized carbons (Fsp3) is 0.200. The van der Waals surface area contributed by atoms with Crippen LogP contribution in [0.1, 0.15) is 10.4 Å². The molecule has 25 heavy (non-hydrogen) atoms. The number of carbonyl (C=O) groups excluding carboxylic acids is 1. The molecule has 1 amide bonds. The number of rotatable bonds is 2. The first-order valence-corrected chi connectivity index (χ1v) is 8.36. The molecule has 0 atom stereocenters. The Balaban J connectivity index is 1.52. The normalized spacial score (nSPS) is 14.8. The molecule has 0 unspecified atom stereocenters. The summed E-state index contributed by atoms with van der Waals surface area (Å²) < 4.78 is 13.9. The van der Waals surface area contributed by atoms with Crippen molar-refractivity contribution in [3.63, 3.8) is 0 Å². The molecule has 1 fully saturated rings. The van der Waals surface area contributed by atoms with Crippen LogP contribution < -0.4 is 4.90 Å². The lowest BCUT2D eigenvalue weighted by Crippen LogP contribution is -2.49. The largest absolute Gasteiger partial charge is 0.366 e. The van der Waals surface area contributed by atoms with Crippen molar-refractivity contribution in [2.45, 2.75) is 0 Å². The number of fused-ring (bicyclic) bond motifs is 1. The number of amides is 1. The number of para-hydroxylation sites is 2. The Morgan fingerprint density at radius 1 is 0.920 bits per heavy atom. The van der Waals surface area contributed by atoms with Gasteiger partial charge in [-0.3, -0.25) is 9.78 Å². The Bertz CT molecular complexity index is 914. The zero-order valence-electron chi connectivity index (χ0n) is 13.7. The van der Waals surface area contributed by atoms with Gasteiger partial charge in [0.05, 0.1) is 16.8 Å². The van der Waals surface area contributed by atoms with E-state index in [4.69, 9.17) is 0 Å². The summed E-state index contributed by atoms with van der Waals surface area (Å²) in [6.07, 6.45) is 1.70. The maximum Gasteiger partial charge on any atom is 0.256 e. The summed E-state index contributed by atoms with van der Waals surface area (Å²) in [6, 6.07) is 16.2. The Hall–Kier alpha value is -2.95. The monoisotopic (exact) mass is 335 g/mol. The molecule has 1 aliphatic rings. The molecule has 2 heterocycles. The second-order valence-corrected chi connectivity index (χ2v) is 6.11. The maximum atomic E-state index is 13.9. The number of hydrogen-bond donors (Lipinski definition) is 0. The van der Waals surface area contributed by atoms with Gasteiger partial charge >= 0.3 is 0 Å². The molecule has 4 rings (SSSR count). The summed E-state index contributed by atoms with van der Waals surface area (Å²) in [5.41, 5.74) is 1.95. The quantitative estimate of drug-likeness (QED) is 0.721. The van der Waals surface area contributed by atoms with Crippen molar-refractivity contribution in [3.8, 4) is 0 Å². The summed E-state index contributed by atoms with van der Waals surface area (Å²) >= 11 is 0. The number of pyridine rings is 1. The number of nitrogens with zero attached hydrogens (tertiary/aromatic N) is 3. The maximum absolute atomic E-state index is 13.9. The smallest absolute Gasteiger partial charge is 0.256 e. The first kappa shape index (κ1) is 15.6. The van der Waals surface area contributed by atoms with Crippen LogP contribution in [0.25, 0.3) is 10.9 Å². The predicted octanol–water partition coefficient (Wildman–Crippen LogP) is 3.34. The number of benzene rings is 2. The molecule has 0 saturated carbocycles. The molecule has 0 bridgehead atoms. The Kier molecular flexibility index (Phi) is 4.06. The highest BCUT2D eigenvalue weighted by molar-refractivity contribution is 6.05. The zero-order valence-corrected chi connectivity index (χ0v) is 13.7. The predicted molar refractivity (Wildman–Crippen MR) is 96.3 cm³/mol. The van der Waals surface area contributed by atoms with E-state index in [1.807, 2.05) is 46.2 Å². The standard InChI is InChI=1S/C20H18FN3O/c21-17-8-1-2-9-18(17)23-11-13-24(14-12-23)20(25)16-7-3-5-15-6-4-10-22-19(15)16/h1-10H,11-14H2. The molecule has 1 aromatic heterocycles. The van der Waals surface area contributed by atoms with Crippen molar-refractivity contribution in [1.29, 1.82) is 0 Å². The van der Waals surface area contributed by atoms with Crippen molar-refractivity contribution in [2.75, 3.05) is 31.1 Å². The molecule has 0 N–H and O–H groups in total. The van der Waals surface area contributed by atoms with E-state index in [9.17, 15) is 9.18 Å². The van der Waals surface area contributed by atoms with Crippen molar-refractivity contribution in [2.24, 2.45) is 0 Å². The minimum absolute atomic E-state index is 0.0162. The molecule has 126 valence electrons. The fourth-order valence-electron chi connectivity index (χ4n) is 3.31. The molecule has 2 aromatic carbocycles. The minimum Gasteiger partial charge on any atom is -0.366 e. The third-order valence-electron chi connectivity index (χ3n) is 4.62. The Morgan fingerprint density at radius 3 is 2.48 bits per heavy atom. The molecule has 0 radical (unpaired) electrons. The average molecular weight is 335 g/mol. The van der Waals surface area contributed by atoms with Crippen molar-refractivity contribution in [3.05, 3.63) is 72.2 Å². The van der Waals surface area contributed by atoms with E-state index >= 15 is 0 Å². The Labute approximate surface area is 145 Å². The van der Waals surface area contributed by atoms with Crippen molar-refractivity contribution >= 4 is 22.5 Å². The van der Waals surface area contributed by atoms with Crippen LogP contribution >= 0.6 is 0 Å². The highest BCUT2D eigenvalue weighted by Gasteiger charge is 2.24. The van der Waals surface area contributed by atoms with Crippen molar-refractivity contribution < 1.29 is 9.18 Å². The molecule has 1 aliphatic heterocycles. The third-order valence-corrected chi connectivity index (χ3v) is 4.62. The highest BCUT2D eigenvalue weighted by atomic mass is 19.1. The van der Waals surface area contributed by atoms with Gasteiger partial charge < -0.3 is 9.80 Å². The second kappa shape index (κ2) is 6.51. The minimum atomic E-state index is -0.222. The molecule has 3 aromatic rings. The van der Waals surface area contributed by atoms with Gasteiger partial charge in [0, 0.05) is 37.8 Å². The second-order valence-electron chi connectivity index (χ2n) is 6.11.